The van der Waals surface area contributed by atoms with Gasteiger partial charge in [0.25, 0.3) is 0 Å². The van der Waals surface area contributed by atoms with E-state index in [2.05, 4.69) is 36.3 Å². The van der Waals surface area contributed by atoms with Crippen LogP contribution in [0.5, 0.6) is 0 Å². The maximum absolute atomic E-state index is 5.88. The molecule has 0 bridgehead atoms. The summed E-state index contributed by atoms with van der Waals surface area (Å²) < 4.78 is 0. The summed E-state index contributed by atoms with van der Waals surface area (Å²) in [5, 5.41) is 3.49. The van der Waals surface area contributed by atoms with Crippen molar-refractivity contribution in [3.63, 3.8) is 0 Å². The van der Waals surface area contributed by atoms with Crippen LogP contribution in [0.3, 0.4) is 0 Å². The van der Waals surface area contributed by atoms with Gasteiger partial charge >= 0.3 is 0 Å². The molecular weight excluding hydrogens is 222 g/mol. The Morgan fingerprint density at radius 3 is 2.61 bits per heavy atom. The first-order valence-corrected chi connectivity index (χ1v) is 6.15. The van der Waals surface area contributed by atoms with Crippen molar-refractivity contribution in [2.24, 2.45) is 5.73 Å². The fraction of sp³-hybridized carbons (Fsp3) is 0.267. The maximum Gasteiger partial charge on any atom is 0.0653 e. The highest BCUT2D eigenvalue weighted by Gasteiger charge is 2.12. The first-order valence-electron chi connectivity index (χ1n) is 6.15. The molecule has 0 aliphatic carbocycles. The van der Waals surface area contributed by atoms with E-state index >= 15 is 0 Å². The molecule has 2 aromatic rings. The Balaban J connectivity index is 2.26. The number of nitrogens with one attached hydrogen (secondary N) is 1. The molecule has 1 aromatic carbocycles. The van der Waals surface area contributed by atoms with Crippen LogP contribution in [-0.2, 0) is 0 Å². The van der Waals surface area contributed by atoms with Crippen LogP contribution in [-0.4, -0.2) is 11.5 Å². The number of benzene rings is 1. The second-order valence-electron chi connectivity index (χ2n) is 4.48. The molecule has 0 radical (unpaired) electrons. The van der Waals surface area contributed by atoms with E-state index in [1.165, 1.54) is 11.1 Å². The molecule has 1 atom stereocenters. The van der Waals surface area contributed by atoms with Crippen LogP contribution in [0.1, 0.15) is 22.7 Å². The number of para-hydroxylation sites is 1. The molecule has 3 N–H and O–H groups in total. The molecule has 1 unspecified atom stereocenters. The highest BCUT2D eigenvalue weighted by atomic mass is 14.9. The summed E-state index contributed by atoms with van der Waals surface area (Å²) in [7, 11) is 0. The van der Waals surface area contributed by atoms with Crippen LogP contribution in [0.4, 0.5) is 5.69 Å². The van der Waals surface area contributed by atoms with Gasteiger partial charge in [-0.05, 0) is 42.7 Å². The lowest BCUT2D eigenvalue weighted by atomic mass is 10.0. The van der Waals surface area contributed by atoms with Gasteiger partial charge in [-0.3, -0.25) is 4.98 Å². The van der Waals surface area contributed by atoms with E-state index in [-0.39, 0.29) is 6.04 Å². The molecule has 18 heavy (non-hydrogen) atoms. The molecule has 0 amide bonds. The average Bonchev–Trinajstić information content (AvgIpc) is 2.39. The molecule has 1 heterocycles. The van der Waals surface area contributed by atoms with Crippen molar-refractivity contribution in [1.82, 2.24) is 4.98 Å². The molecule has 2 rings (SSSR count). The van der Waals surface area contributed by atoms with Crippen LogP contribution in [0.15, 0.2) is 42.7 Å². The summed E-state index contributed by atoms with van der Waals surface area (Å²) in [5.74, 6) is 0. The zero-order valence-corrected chi connectivity index (χ0v) is 10.9. The minimum Gasteiger partial charge on any atom is -0.377 e. The van der Waals surface area contributed by atoms with Crippen LogP contribution in [0, 0.1) is 13.8 Å². The van der Waals surface area contributed by atoms with Crippen molar-refractivity contribution in [2.45, 2.75) is 19.9 Å². The number of aromatic nitrogens is 1. The van der Waals surface area contributed by atoms with E-state index in [9.17, 15) is 0 Å². The van der Waals surface area contributed by atoms with Crippen molar-refractivity contribution in [3.8, 4) is 0 Å². The smallest absolute Gasteiger partial charge is 0.0653 e. The predicted molar refractivity (Wildman–Crippen MR) is 75.6 cm³/mol. The first kappa shape index (κ1) is 12.6. The van der Waals surface area contributed by atoms with Gasteiger partial charge in [0, 0.05) is 24.6 Å². The fourth-order valence-electron chi connectivity index (χ4n) is 2.03. The van der Waals surface area contributed by atoms with Gasteiger partial charge in [0.1, 0.15) is 0 Å². The van der Waals surface area contributed by atoms with Gasteiger partial charge in [-0.25, -0.2) is 0 Å². The zero-order valence-electron chi connectivity index (χ0n) is 10.9. The van der Waals surface area contributed by atoms with E-state index in [4.69, 9.17) is 5.73 Å². The Bertz CT molecular complexity index is 523. The highest BCUT2D eigenvalue weighted by molar-refractivity contribution is 5.52. The van der Waals surface area contributed by atoms with Gasteiger partial charge in [-0.15, -0.1) is 0 Å². The van der Waals surface area contributed by atoms with Gasteiger partial charge in [-0.1, -0.05) is 18.2 Å². The summed E-state index contributed by atoms with van der Waals surface area (Å²) in [6.07, 6.45) is 3.69. The van der Waals surface area contributed by atoms with Crippen molar-refractivity contribution < 1.29 is 0 Å². The van der Waals surface area contributed by atoms with Crippen molar-refractivity contribution in [2.75, 3.05) is 11.9 Å². The summed E-state index contributed by atoms with van der Waals surface area (Å²) in [6, 6.07) is 10.3. The highest BCUT2D eigenvalue weighted by Crippen LogP contribution is 2.22. The number of hydrogen-bond donors (Lipinski definition) is 2. The number of pyridine rings is 1. The van der Waals surface area contributed by atoms with E-state index in [0.29, 0.717) is 6.54 Å². The van der Waals surface area contributed by atoms with Gasteiger partial charge in [0.15, 0.2) is 0 Å². The van der Waals surface area contributed by atoms with Crippen molar-refractivity contribution in [1.29, 1.82) is 0 Å². The van der Waals surface area contributed by atoms with Gasteiger partial charge < -0.3 is 11.1 Å². The van der Waals surface area contributed by atoms with Crippen molar-refractivity contribution >= 4 is 5.69 Å². The average molecular weight is 241 g/mol. The topological polar surface area (TPSA) is 50.9 Å². The Morgan fingerprint density at radius 1 is 1.17 bits per heavy atom. The largest absolute Gasteiger partial charge is 0.377 e. The minimum absolute atomic E-state index is 0.0970. The Hall–Kier alpha value is -1.87. The molecule has 94 valence electrons. The van der Waals surface area contributed by atoms with Crippen LogP contribution in [0.2, 0.25) is 0 Å². The predicted octanol–water partition coefficient (Wildman–Crippen LogP) is 2.81. The summed E-state index contributed by atoms with van der Waals surface area (Å²) in [6.45, 7) is 4.71. The number of nitrogens with zero attached hydrogens (tertiary/aromatic N) is 1. The summed E-state index contributed by atoms with van der Waals surface area (Å²) in [5.41, 5.74) is 10.6. The van der Waals surface area contributed by atoms with Gasteiger partial charge in [-0.2, -0.15) is 0 Å². The molecule has 0 saturated heterocycles. The third kappa shape index (κ3) is 2.68. The lowest BCUT2D eigenvalue weighted by Gasteiger charge is -2.21. The lowest BCUT2D eigenvalue weighted by molar-refractivity contribution is 0.777. The van der Waals surface area contributed by atoms with E-state index in [1.807, 2.05) is 24.4 Å². The van der Waals surface area contributed by atoms with E-state index in [0.717, 1.165) is 11.3 Å². The number of nitrogens with two attached hydrogens (primary N) is 1. The van der Waals surface area contributed by atoms with Gasteiger partial charge in [0.2, 0.25) is 0 Å². The van der Waals surface area contributed by atoms with Crippen LogP contribution >= 0.6 is 0 Å². The second-order valence-corrected chi connectivity index (χ2v) is 4.48. The third-order valence-electron chi connectivity index (χ3n) is 3.17. The van der Waals surface area contributed by atoms with Crippen LogP contribution in [0.25, 0.3) is 0 Å². The third-order valence-corrected chi connectivity index (χ3v) is 3.17. The molecule has 0 aliphatic heterocycles. The summed E-state index contributed by atoms with van der Waals surface area (Å²) >= 11 is 0. The monoisotopic (exact) mass is 241 g/mol. The minimum atomic E-state index is 0.0970. The normalized spacial score (nSPS) is 12.2. The molecule has 3 heteroatoms. The second kappa shape index (κ2) is 5.65. The zero-order chi connectivity index (χ0) is 13.0. The molecule has 0 saturated carbocycles. The molecule has 0 aliphatic rings. The van der Waals surface area contributed by atoms with Crippen LogP contribution < -0.4 is 11.1 Å². The number of rotatable bonds is 4. The van der Waals surface area contributed by atoms with Gasteiger partial charge in [0.05, 0.1) is 6.04 Å². The molecule has 0 spiro atoms. The van der Waals surface area contributed by atoms with E-state index in [1.54, 1.807) is 6.20 Å². The van der Waals surface area contributed by atoms with E-state index < -0.39 is 0 Å². The first-order chi connectivity index (χ1) is 8.72. The standard InChI is InChI=1S/C15H19N3/c1-11-7-8-17-10-13(11)15(9-16)18-14-6-4-3-5-12(14)2/h3-8,10,15,18H,9,16H2,1-2H3. The molecule has 1 aromatic heterocycles. The Kier molecular flexibility index (Phi) is 3.95. The number of aryl methyl sites for hydroxylation is 2. The Morgan fingerprint density at radius 2 is 1.94 bits per heavy atom. The molecule has 0 fully saturated rings. The number of anilines is 1. The lowest BCUT2D eigenvalue weighted by Crippen LogP contribution is -2.22. The molecular formula is C15H19N3. The fourth-order valence-corrected chi connectivity index (χ4v) is 2.03. The molecule has 3 nitrogen and oxygen atoms in total. The number of hydrogen-bond acceptors (Lipinski definition) is 3. The van der Waals surface area contributed by atoms with Crippen molar-refractivity contribution in [3.05, 3.63) is 59.4 Å². The Labute approximate surface area is 108 Å². The SMILES string of the molecule is Cc1ccccc1NC(CN)c1cnccc1C. The maximum atomic E-state index is 5.88. The quantitative estimate of drug-likeness (QED) is 0.865. The summed E-state index contributed by atoms with van der Waals surface area (Å²) in [4.78, 5) is 4.18.